The van der Waals surface area contributed by atoms with Crippen LogP contribution in [0.25, 0.3) is 0 Å². The minimum Gasteiger partial charge on any atom is -0.461 e. The molecule has 0 amide bonds. The van der Waals surface area contributed by atoms with E-state index in [2.05, 4.69) is 48.8 Å². The SMILES string of the molecule is Cc1ccc(Cl)cc1N1CCN(C[C@H]2C(=O)O[C@@H]3C[C@@]4(C)CCC[C@H](C)C4=C[C@@H]32)CC1. The van der Waals surface area contributed by atoms with Crippen molar-refractivity contribution in [2.75, 3.05) is 37.6 Å². The minimum absolute atomic E-state index is 0.0179. The van der Waals surface area contributed by atoms with Crippen LogP contribution in [0.15, 0.2) is 29.8 Å². The lowest BCUT2D eigenvalue weighted by atomic mass is 9.59. The summed E-state index contributed by atoms with van der Waals surface area (Å²) >= 11 is 6.23. The second-order valence-corrected chi connectivity index (χ2v) is 11.0. The molecule has 1 aromatic carbocycles. The van der Waals surface area contributed by atoms with Crippen molar-refractivity contribution in [3.05, 3.63) is 40.4 Å². The number of hydrogen-bond donors (Lipinski definition) is 0. The molecule has 4 aliphatic rings. The van der Waals surface area contributed by atoms with Crippen LogP contribution in [0.1, 0.15) is 45.1 Å². The van der Waals surface area contributed by atoms with Gasteiger partial charge in [0.2, 0.25) is 0 Å². The molecule has 1 saturated carbocycles. The van der Waals surface area contributed by atoms with E-state index >= 15 is 0 Å². The lowest BCUT2D eigenvalue weighted by Gasteiger charge is -2.46. The quantitative estimate of drug-likeness (QED) is 0.482. The molecule has 5 rings (SSSR count). The van der Waals surface area contributed by atoms with Crippen molar-refractivity contribution < 1.29 is 9.53 Å². The van der Waals surface area contributed by atoms with Gasteiger partial charge in [-0.25, -0.2) is 0 Å². The number of anilines is 1. The Morgan fingerprint density at radius 2 is 2.00 bits per heavy atom. The number of halogens is 1. The van der Waals surface area contributed by atoms with Gasteiger partial charge in [0.25, 0.3) is 0 Å². The van der Waals surface area contributed by atoms with Gasteiger partial charge >= 0.3 is 5.97 Å². The zero-order valence-electron chi connectivity index (χ0n) is 19.1. The molecule has 4 nitrogen and oxygen atoms in total. The highest BCUT2D eigenvalue weighted by Crippen LogP contribution is 2.54. The van der Waals surface area contributed by atoms with Gasteiger partial charge in [-0.05, 0) is 55.2 Å². The first kappa shape index (κ1) is 21.3. The number of piperazine rings is 1. The molecule has 31 heavy (non-hydrogen) atoms. The van der Waals surface area contributed by atoms with Crippen LogP contribution in [0.2, 0.25) is 5.02 Å². The van der Waals surface area contributed by atoms with E-state index in [0.29, 0.717) is 5.92 Å². The van der Waals surface area contributed by atoms with Gasteiger partial charge in [-0.3, -0.25) is 9.69 Å². The van der Waals surface area contributed by atoms with Crippen molar-refractivity contribution in [1.82, 2.24) is 4.90 Å². The number of ether oxygens (including phenoxy) is 1. The second-order valence-electron chi connectivity index (χ2n) is 10.6. The lowest BCUT2D eigenvalue weighted by molar-refractivity contribution is -0.145. The first-order valence-corrected chi connectivity index (χ1v) is 12.4. The van der Waals surface area contributed by atoms with E-state index in [9.17, 15) is 4.79 Å². The molecular weight excluding hydrogens is 408 g/mol. The first-order valence-electron chi connectivity index (χ1n) is 12.0. The zero-order valence-corrected chi connectivity index (χ0v) is 19.8. The fourth-order valence-electron chi connectivity index (χ4n) is 6.63. The molecule has 0 aromatic heterocycles. The Morgan fingerprint density at radius 3 is 2.77 bits per heavy atom. The summed E-state index contributed by atoms with van der Waals surface area (Å²) in [5, 5.41) is 0.789. The van der Waals surface area contributed by atoms with Crippen LogP contribution in [0.5, 0.6) is 0 Å². The van der Waals surface area contributed by atoms with Gasteiger partial charge in [0, 0.05) is 49.4 Å². The third-order valence-corrected chi connectivity index (χ3v) is 8.66. The molecule has 1 aromatic rings. The zero-order chi connectivity index (χ0) is 21.8. The summed E-state index contributed by atoms with van der Waals surface area (Å²) in [6.45, 7) is 11.6. The predicted molar refractivity (Wildman–Crippen MR) is 126 cm³/mol. The maximum absolute atomic E-state index is 12.9. The van der Waals surface area contributed by atoms with Crippen LogP contribution in [0.4, 0.5) is 5.69 Å². The number of carbonyl (C=O) groups excluding carboxylic acids is 1. The molecule has 5 heteroatoms. The van der Waals surface area contributed by atoms with Gasteiger partial charge in [0.1, 0.15) is 6.10 Å². The summed E-state index contributed by atoms with van der Waals surface area (Å²) in [5.41, 5.74) is 4.33. The maximum Gasteiger partial charge on any atom is 0.311 e. The molecule has 2 aliphatic heterocycles. The third kappa shape index (κ3) is 3.91. The van der Waals surface area contributed by atoms with Gasteiger partial charge in [0.15, 0.2) is 0 Å². The molecule has 0 bridgehead atoms. The highest BCUT2D eigenvalue weighted by Gasteiger charge is 2.52. The molecule has 0 radical (unpaired) electrons. The van der Waals surface area contributed by atoms with Crippen molar-refractivity contribution in [2.24, 2.45) is 23.2 Å². The van der Waals surface area contributed by atoms with E-state index in [0.717, 1.165) is 44.2 Å². The van der Waals surface area contributed by atoms with Crippen LogP contribution in [0, 0.1) is 30.1 Å². The largest absolute Gasteiger partial charge is 0.461 e. The third-order valence-electron chi connectivity index (χ3n) is 8.42. The Labute approximate surface area is 191 Å². The molecule has 0 N–H and O–H groups in total. The lowest BCUT2D eigenvalue weighted by Crippen LogP contribution is -2.49. The van der Waals surface area contributed by atoms with Crippen LogP contribution in [-0.4, -0.2) is 49.7 Å². The summed E-state index contributed by atoms with van der Waals surface area (Å²) in [6.07, 6.45) is 7.37. The molecule has 2 heterocycles. The predicted octanol–water partition coefficient (Wildman–Crippen LogP) is 5.08. The van der Waals surface area contributed by atoms with Crippen molar-refractivity contribution in [1.29, 1.82) is 0 Å². The van der Waals surface area contributed by atoms with Crippen LogP contribution in [-0.2, 0) is 9.53 Å². The molecule has 2 saturated heterocycles. The van der Waals surface area contributed by atoms with Crippen molar-refractivity contribution in [3.8, 4) is 0 Å². The number of aryl methyl sites for hydroxylation is 1. The normalized spacial score (nSPS) is 35.9. The van der Waals surface area contributed by atoms with E-state index < -0.39 is 0 Å². The standard InChI is InChI=1S/C26H35ClN2O2/c1-17-5-4-8-26(3)15-24-20(14-22(17)26)21(25(30)31-24)16-28-9-11-29(12-10-28)23-13-19(27)7-6-18(23)2/h6-7,13-14,17,20-21,24H,4-5,8-12,15-16H2,1-3H3/t17-,20+,21+,24+,26+/m0/s1. The second kappa shape index (κ2) is 8.12. The molecule has 5 atom stereocenters. The number of esters is 1. The Bertz CT molecular complexity index is 891. The summed E-state index contributed by atoms with van der Waals surface area (Å²) in [7, 11) is 0. The van der Waals surface area contributed by atoms with Crippen LogP contribution >= 0.6 is 11.6 Å². The van der Waals surface area contributed by atoms with Gasteiger partial charge in [-0.2, -0.15) is 0 Å². The van der Waals surface area contributed by atoms with Gasteiger partial charge in [-0.15, -0.1) is 0 Å². The molecular formula is C26H35ClN2O2. The number of rotatable bonds is 3. The monoisotopic (exact) mass is 442 g/mol. The van der Waals surface area contributed by atoms with Gasteiger partial charge in [0.05, 0.1) is 5.92 Å². The Kier molecular flexibility index (Phi) is 5.58. The highest BCUT2D eigenvalue weighted by atomic mass is 35.5. The topological polar surface area (TPSA) is 32.8 Å². The van der Waals surface area contributed by atoms with Crippen molar-refractivity contribution in [3.63, 3.8) is 0 Å². The number of benzene rings is 1. The molecule has 0 spiro atoms. The van der Waals surface area contributed by atoms with E-state index in [4.69, 9.17) is 16.3 Å². The minimum atomic E-state index is -0.0179. The average molecular weight is 443 g/mol. The van der Waals surface area contributed by atoms with Crippen LogP contribution < -0.4 is 4.90 Å². The summed E-state index contributed by atoms with van der Waals surface area (Å²) in [4.78, 5) is 17.8. The molecule has 0 unspecified atom stereocenters. The van der Waals surface area contributed by atoms with Crippen molar-refractivity contribution in [2.45, 2.75) is 52.6 Å². The fourth-order valence-corrected chi connectivity index (χ4v) is 6.80. The molecule has 3 fully saturated rings. The van der Waals surface area contributed by atoms with Gasteiger partial charge in [-0.1, -0.05) is 49.6 Å². The van der Waals surface area contributed by atoms with E-state index in [1.807, 2.05) is 6.07 Å². The Morgan fingerprint density at radius 1 is 1.23 bits per heavy atom. The smallest absolute Gasteiger partial charge is 0.311 e. The Balaban J connectivity index is 1.27. The average Bonchev–Trinajstić information content (AvgIpc) is 3.02. The Hall–Kier alpha value is -1.52. The summed E-state index contributed by atoms with van der Waals surface area (Å²) < 4.78 is 5.95. The molecule has 168 valence electrons. The maximum atomic E-state index is 12.9. The number of fused-ring (bicyclic) bond motifs is 2. The van der Waals surface area contributed by atoms with Crippen molar-refractivity contribution >= 4 is 23.3 Å². The summed E-state index contributed by atoms with van der Waals surface area (Å²) in [5.74, 6) is 0.898. The number of carbonyl (C=O) groups is 1. The highest BCUT2D eigenvalue weighted by molar-refractivity contribution is 6.30. The number of nitrogens with zero attached hydrogens (tertiary/aromatic N) is 2. The number of hydrogen-bond acceptors (Lipinski definition) is 4. The van der Waals surface area contributed by atoms with E-state index in [-0.39, 0.29) is 29.3 Å². The van der Waals surface area contributed by atoms with E-state index in [1.54, 1.807) is 5.57 Å². The number of allylic oxidation sites excluding steroid dienone is 1. The van der Waals surface area contributed by atoms with E-state index in [1.165, 1.54) is 30.5 Å². The van der Waals surface area contributed by atoms with Crippen LogP contribution in [0.3, 0.4) is 0 Å². The first-order chi connectivity index (χ1) is 14.8. The van der Waals surface area contributed by atoms with Gasteiger partial charge < -0.3 is 9.64 Å². The molecule has 2 aliphatic carbocycles. The summed E-state index contributed by atoms with van der Waals surface area (Å²) in [6, 6.07) is 6.12. The fraction of sp³-hybridized carbons (Fsp3) is 0.654.